The Morgan fingerprint density at radius 3 is 2.00 bits per heavy atom. The van der Waals surface area contributed by atoms with Crippen molar-refractivity contribution in [3.63, 3.8) is 0 Å². The van der Waals surface area contributed by atoms with Gasteiger partial charge in [0.15, 0.2) is 0 Å². The molecule has 0 bridgehead atoms. The van der Waals surface area contributed by atoms with E-state index in [2.05, 4.69) is 6.07 Å². The lowest BCUT2D eigenvalue weighted by Gasteiger charge is -2.44. The van der Waals surface area contributed by atoms with Crippen molar-refractivity contribution >= 4 is 18.9 Å². The molecule has 0 heterocycles. The maximum absolute atomic E-state index is 9.72. The van der Waals surface area contributed by atoms with Crippen molar-refractivity contribution in [3.8, 4) is 6.07 Å². The number of nitriles is 1. The highest BCUT2D eigenvalue weighted by atomic mass is 35.7. The molecule has 0 rings (SSSR count). The summed E-state index contributed by atoms with van der Waals surface area (Å²) >= 11 is 5.91. The second kappa shape index (κ2) is 5.88. The summed E-state index contributed by atoms with van der Waals surface area (Å²) in [5, 5.41) is 8.60. The third-order valence-corrected chi connectivity index (χ3v) is 5.26. The molecule has 0 aliphatic carbocycles. The van der Waals surface area contributed by atoms with Crippen LogP contribution in [0.4, 0.5) is 0 Å². The van der Waals surface area contributed by atoms with Gasteiger partial charge in [0, 0.05) is 11.2 Å². The highest BCUT2D eigenvalue weighted by Gasteiger charge is 2.42. The molecule has 0 radical (unpaired) electrons. The number of quaternary nitrogens is 1. The Labute approximate surface area is 92.6 Å². The van der Waals surface area contributed by atoms with Gasteiger partial charge in [-0.15, -0.1) is 0 Å². The number of nitrogens with zero attached hydrogens (tertiary/aromatic N) is 2. The molecule has 0 saturated carbocycles. The molecule has 0 aromatic heterocycles. The quantitative estimate of drug-likeness (QED) is 0.747. The Morgan fingerprint density at radius 2 is 1.79 bits per heavy atom. The van der Waals surface area contributed by atoms with Crippen molar-refractivity contribution in [2.45, 2.75) is 46.2 Å². The SMILES string of the molecule is CC(C)[N+](CCC#N)(C(C)C)P(O)Cl. The van der Waals surface area contributed by atoms with Crippen LogP contribution in [0.15, 0.2) is 0 Å². The zero-order valence-electron chi connectivity index (χ0n) is 9.24. The topological polar surface area (TPSA) is 44.0 Å². The molecule has 82 valence electrons. The molecule has 0 spiro atoms. The lowest BCUT2D eigenvalue weighted by Crippen LogP contribution is -2.52. The molecule has 14 heavy (non-hydrogen) atoms. The third-order valence-electron chi connectivity index (χ3n) is 2.68. The first-order valence-electron chi connectivity index (χ1n) is 4.79. The highest BCUT2D eigenvalue weighted by Crippen LogP contribution is 2.52. The van der Waals surface area contributed by atoms with Gasteiger partial charge in [0.2, 0.25) is 0 Å². The van der Waals surface area contributed by atoms with Crippen molar-refractivity contribution < 1.29 is 9.15 Å². The summed E-state index contributed by atoms with van der Waals surface area (Å²) in [5.74, 6) is 0. The molecule has 1 N–H and O–H groups in total. The smallest absolute Gasteiger partial charge is 0.314 e. The summed E-state index contributed by atoms with van der Waals surface area (Å²) in [5.41, 5.74) is 0. The lowest BCUT2D eigenvalue weighted by atomic mass is 10.2. The lowest BCUT2D eigenvalue weighted by molar-refractivity contribution is -0.854. The Hall–Kier alpha value is 0.130. The summed E-state index contributed by atoms with van der Waals surface area (Å²) in [6, 6.07) is 2.58. The number of rotatable bonds is 5. The second-order valence-electron chi connectivity index (χ2n) is 3.95. The van der Waals surface area contributed by atoms with Crippen molar-refractivity contribution in [2.24, 2.45) is 0 Å². The largest absolute Gasteiger partial charge is 0.357 e. The second-order valence-corrected chi connectivity index (χ2v) is 6.08. The van der Waals surface area contributed by atoms with E-state index in [0.717, 1.165) is 0 Å². The zero-order chi connectivity index (χ0) is 11.4. The molecule has 0 saturated heterocycles. The molecule has 5 heteroatoms. The molecule has 0 aromatic rings. The maximum atomic E-state index is 9.72. The molecule has 0 aliphatic rings. The van der Waals surface area contributed by atoms with Gasteiger partial charge in [-0.3, -0.25) is 4.25 Å². The highest BCUT2D eigenvalue weighted by molar-refractivity contribution is 7.74. The van der Waals surface area contributed by atoms with E-state index in [1.165, 1.54) is 0 Å². The van der Waals surface area contributed by atoms with Crippen LogP contribution in [0.3, 0.4) is 0 Å². The molecule has 0 aliphatic heterocycles. The van der Waals surface area contributed by atoms with Gasteiger partial charge in [0.25, 0.3) is 0 Å². The molecular formula is C9H19ClN2OP+. The van der Waals surface area contributed by atoms with E-state index in [9.17, 15) is 4.89 Å². The van der Waals surface area contributed by atoms with Crippen LogP contribution >= 0.6 is 18.9 Å². The van der Waals surface area contributed by atoms with Gasteiger partial charge in [-0.05, 0) is 27.7 Å². The molecule has 3 nitrogen and oxygen atoms in total. The van der Waals surface area contributed by atoms with Gasteiger partial charge in [-0.25, -0.2) is 0 Å². The van der Waals surface area contributed by atoms with Gasteiger partial charge in [-0.2, -0.15) is 5.26 Å². The monoisotopic (exact) mass is 237 g/mol. The van der Waals surface area contributed by atoms with Crippen LogP contribution in [0.2, 0.25) is 0 Å². The number of hydrogen-bond donors (Lipinski definition) is 1. The summed E-state index contributed by atoms with van der Waals surface area (Å²) in [7, 11) is -1.58. The third kappa shape index (κ3) is 2.81. The van der Waals surface area contributed by atoms with Crippen molar-refractivity contribution in [1.29, 1.82) is 5.26 Å². The predicted octanol–water partition coefficient (Wildman–Crippen LogP) is 2.99. The first-order valence-corrected chi connectivity index (χ1v) is 6.94. The Balaban J connectivity index is 4.87. The van der Waals surface area contributed by atoms with Gasteiger partial charge in [0.05, 0.1) is 31.1 Å². The van der Waals surface area contributed by atoms with E-state index in [0.29, 0.717) is 17.2 Å². The van der Waals surface area contributed by atoms with Crippen molar-refractivity contribution in [1.82, 2.24) is 0 Å². The Morgan fingerprint density at radius 1 is 1.36 bits per heavy atom. The van der Waals surface area contributed by atoms with E-state index < -0.39 is 7.65 Å². The fraction of sp³-hybridized carbons (Fsp3) is 0.889. The van der Waals surface area contributed by atoms with E-state index in [-0.39, 0.29) is 12.1 Å². The fourth-order valence-electron chi connectivity index (χ4n) is 1.81. The minimum absolute atomic E-state index is 0.233. The van der Waals surface area contributed by atoms with Gasteiger partial charge in [0.1, 0.15) is 0 Å². The molecule has 0 amide bonds. The van der Waals surface area contributed by atoms with Crippen LogP contribution in [0.1, 0.15) is 34.1 Å². The van der Waals surface area contributed by atoms with Crippen LogP contribution < -0.4 is 0 Å². The van der Waals surface area contributed by atoms with E-state index in [4.69, 9.17) is 16.5 Å². The summed E-state index contributed by atoms with van der Waals surface area (Å²) in [4.78, 5) is 9.72. The Bertz CT molecular complexity index is 192. The standard InChI is InChI=1S/C9H19ClN2OP/c1-8(2)12(9(3)4,14(10)13)7-5-6-11/h8-9,13H,5,7H2,1-4H3/q+1. The minimum Gasteiger partial charge on any atom is -0.314 e. The Kier molecular flexibility index (Phi) is 5.93. The average Bonchev–Trinajstić information content (AvgIpc) is 2.03. The minimum atomic E-state index is -1.58. The summed E-state index contributed by atoms with van der Waals surface area (Å²) < 4.78 is 0.435. The number of hydrogen-bond acceptors (Lipinski definition) is 2. The van der Waals surface area contributed by atoms with E-state index in [1.807, 2.05) is 27.7 Å². The van der Waals surface area contributed by atoms with Gasteiger partial charge >= 0.3 is 7.65 Å². The van der Waals surface area contributed by atoms with Crippen molar-refractivity contribution in [3.05, 3.63) is 0 Å². The fourth-order valence-corrected chi connectivity index (χ4v) is 4.11. The maximum Gasteiger partial charge on any atom is 0.357 e. The first-order chi connectivity index (χ1) is 6.39. The summed E-state index contributed by atoms with van der Waals surface area (Å²) in [6.45, 7) is 8.75. The van der Waals surface area contributed by atoms with Gasteiger partial charge in [-0.1, -0.05) is 0 Å². The van der Waals surface area contributed by atoms with Gasteiger partial charge < -0.3 is 4.89 Å². The molecule has 0 aromatic carbocycles. The van der Waals surface area contributed by atoms with Crippen molar-refractivity contribution in [2.75, 3.05) is 6.54 Å². The van der Waals surface area contributed by atoms with E-state index >= 15 is 0 Å². The molecule has 1 unspecified atom stereocenters. The summed E-state index contributed by atoms with van der Waals surface area (Å²) in [6.07, 6.45) is 0.433. The molecule has 0 fully saturated rings. The average molecular weight is 238 g/mol. The van der Waals surface area contributed by atoms with Crippen LogP contribution in [-0.4, -0.2) is 27.8 Å². The normalized spacial score (nSPS) is 14.5. The number of halogens is 1. The van der Waals surface area contributed by atoms with Crippen LogP contribution in [0, 0.1) is 11.3 Å². The zero-order valence-corrected chi connectivity index (χ0v) is 10.9. The molecule has 1 atom stereocenters. The predicted molar refractivity (Wildman–Crippen MR) is 60.6 cm³/mol. The van der Waals surface area contributed by atoms with Crippen LogP contribution in [0.25, 0.3) is 0 Å². The molecular weight excluding hydrogens is 219 g/mol. The van der Waals surface area contributed by atoms with E-state index in [1.54, 1.807) is 0 Å². The van der Waals surface area contributed by atoms with Crippen LogP contribution in [-0.2, 0) is 0 Å². The van der Waals surface area contributed by atoms with Crippen LogP contribution in [0.5, 0.6) is 0 Å². The first kappa shape index (κ1) is 14.1.